The highest BCUT2D eigenvalue weighted by atomic mass is 16.1. The summed E-state index contributed by atoms with van der Waals surface area (Å²) in [5.41, 5.74) is 1.83. The van der Waals surface area contributed by atoms with E-state index in [0.29, 0.717) is 18.6 Å². The van der Waals surface area contributed by atoms with E-state index in [1.807, 2.05) is 24.3 Å². The van der Waals surface area contributed by atoms with Crippen molar-refractivity contribution in [3.63, 3.8) is 0 Å². The Hall–Kier alpha value is -1.64. The second-order valence-corrected chi connectivity index (χ2v) is 4.13. The molecule has 1 fully saturated rings. The van der Waals surface area contributed by atoms with Crippen LogP contribution in [0.4, 0.5) is 5.69 Å². The first kappa shape index (κ1) is 10.9. The first-order valence-corrected chi connectivity index (χ1v) is 5.54. The summed E-state index contributed by atoms with van der Waals surface area (Å²) in [7, 11) is 0. The van der Waals surface area contributed by atoms with Crippen LogP contribution < -0.4 is 4.90 Å². The van der Waals surface area contributed by atoms with Crippen LogP contribution in [0.2, 0.25) is 0 Å². The third-order valence-corrected chi connectivity index (χ3v) is 2.96. The first-order chi connectivity index (χ1) is 7.66. The molecular weight excluding hydrogens is 202 g/mol. The van der Waals surface area contributed by atoms with E-state index in [0.717, 1.165) is 24.3 Å². The summed E-state index contributed by atoms with van der Waals surface area (Å²) >= 11 is 0. The fraction of sp³-hybridized carbons (Fsp3) is 0.385. The highest BCUT2D eigenvalue weighted by Crippen LogP contribution is 2.19. The van der Waals surface area contributed by atoms with Gasteiger partial charge in [-0.3, -0.25) is 9.59 Å². The van der Waals surface area contributed by atoms with Crippen LogP contribution in [0, 0.1) is 0 Å². The zero-order valence-electron chi connectivity index (χ0n) is 9.40. The van der Waals surface area contributed by atoms with Crippen LogP contribution in [0.3, 0.4) is 0 Å². The smallest absolute Gasteiger partial charge is 0.159 e. The van der Waals surface area contributed by atoms with Crippen molar-refractivity contribution in [2.24, 2.45) is 0 Å². The van der Waals surface area contributed by atoms with Gasteiger partial charge in [0.1, 0.15) is 5.78 Å². The Kier molecular flexibility index (Phi) is 3.04. The van der Waals surface area contributed by atoms with Gasteiger partial charge < -0.3 is 4.90 Å². The molecule has 0 aromatic heterocycles. The maximum atomic E-state index is 11.1. The first-order valence-electron chi connectivity index (χ1n) is 5.54. The van der Waals surface area contributed by atoms with Gasteiger partial charge in [-0.2, -0.15) is 0 Å². The van der Waals surface area contributed by atoms with Crippen molar-refractivity contribution in [3.05, 3.63) is 29.8 Å². The molecule has 1 aliphatic heterocycles. The van der Waals surface area contributed by atoms with E-state index in [1.54, 1.807) is 6.92 Å². The predicted molar refractivity (Wildman–Crippen MR) is 62.9 cm³/mol. The number of nitrogens with zero attached hydrogens (tertiary/aromatic N) is 1. The Morgan fingerprint density at radius 2 is 1.69 bits per heavy atom. The lowest BCUT2D eigenvalue weighted by Crippen LogP contribution is -2.33. The van der Waals surface area contributed by atoms with E-state index in [-0.39, 0.29) is 5.78 Å². The number of hydrogen-bond donors (Lipinski definition) is 0. The summed E-state index contributed by atoms with van der Waals surface area (Å²) in [5, 5.41) is 0. The zero-order chi connectivity index (χ0) is 11.5. The molecule has 16 heavy (non-hydrogen) atoms. The standard InChI is InChI=1S/C13H15NO2/c1-10(15)11-2-4-12(5-3-11)14-8-6-13(16)7-9-14/h2-5H,6-9H2,1H3. The average molecular weight is 217 g/mol. The maximum absolute atomic E-state index is 11.1. The molecule has 1 heterocycles. The summed E-state index contributed by atoms with van der Waals surface area (Å²) in [5.74, 6) is 0.428. The largest absolute Gasteiger partial charge is 0.371 e. The van der Waals surface area contributed by atoms with Crippen molar-refractivity contribution in [3.8, 4) is 0 Å². The molecule has 1 aromatic carbocycles. The van der Waals surface area contributed by atoms with E-state index in [9.17, 15) is 9.59 Å². The van der Waals surface area contributed by atoms with E-state index < -0.39 is 0 Å². The van der Waals surface area contributed by atoms with Gasteiger partial charge in [0.2, 0.25) is 0 Å². The Labute approximate surface area is 95.1 Å². The minimum atomic E-state index is 0.0837. The topological polar surface area (TPSA) is 37.4 Å². The quantitative estimate of drug-likeness (QED) is 0.711. The average Bonchev–Trinajstić information content (AvgIpc) is 2.30. The summed E-state index contributed by atoms with van der Waals surface area (Å²) in [6.07, 6.45) is 1.27. The van der Waals surface area contributed by atoms with E-state index in [4.69, 9.17) is 0 Å². The van der Waals surface area contributed by atoms with E-state index in [2.05, 4.69) is 4.90 Å². The van der Waals surface area contributed by atoms with Crippen molar-refractivity contribution in [1.29, 1.82) is 0 Å². The Balaban J connectivity index is 2.10. The van der Waals surface area contributed by atoms with Gasteiger partial charge in [-0.05, 0) is 31.2 Å². The highest BCUT2D eigenvalue weighted by molar-refractivity contribution is 5.94. The molecule has 0 bridgehead atoms. The second-order valence-electron chi connectivity index (χ2n) is 4.13. The molecule has 0 saturated carbocycles. The number of rotatable bonds is 2. The van der Waals surface area contributed by atoms with Crippen LogP contribution >= 0.6 is 0 Å². The normalized spacial score (nSPS) is 16.3. The molecule has 0 N–H and O–H groups in total. The summed E-state index contributed by atoms with van der Waals surface area (Å²) < 4.78 is 0. The zero-order valence-corrected chi connectivity index (χ0v) is 9.40. The number of carbonyl (C=O) groups excluding carboxylic acids is 2. The molecule has 2 rings (SSSR count). The minimum Gasteiger partial charge on any atom is -0.371 e. The molecule has 0 unspecified atom stereocenters. The molecule has 1 aromatic rings. The van der Waals surface area contributed by atoms with Crippen LogP contribution in [0.25, 0.3) is 0 Å². The van der Waals surface area contributed by atoms with Crippen molar-refractivity contribution in [2.45, 2.75) is 19.8 Å². The maximum Gasteiger partial charge on any atom is 0.159 e. The van der Waals surface area contributed by atoms with Crippen molar-refractivity contribution in [1.82, 2.24) is 0 Å². The van der Waals surface area contributed by atoms with Gasteiger partial charge in [0.05, 0.1) is 0 Å². The van der Waals surface area contributed by atoms with Crippen LogP contribution in [0.1, 0.15) is 30.1 Å². The van der Waals surface area contributed by atoms with Crippen LogP contribution in [0.5, 0.6) is 0 Å². The molecule has 1 saturated heterocycles. The lowest BCUT2D eigenvalue weighted by atomic mass is 10.1. The monoisotopic (exact) mass is 217 g/mol. The summed E-state index contributed by atoms with van der Waals surface area (Å²) in [6.45, 7) is 3.14. The van der Waals surface area contributed by atoms with Gasteiger partial charge in [0, 0.05) is 37.2 Å². The van der Waals surface area contributed by atoms with Gasteiger partial charge in [-0.1, -0.05) is 0 Å². The van der Waals surface area contributed by atoms with Gasteiger partial charge in [0.15, 0.2) is 5.78 Å². The van der Waals surface area contributed by atoms with E-state index in [1.165, 1.54) is 0 Å². The fourth-order valence-electron chi connectivity index (χ4n) is 1.92. The molecular formula is C13H15NO2. The molecule has 0 aliphatic carbocycles. The van der Waals surface area contributed by atoms with Gasteiger partial charge in [-0.25, -0.2) is 0 Å². The van der Waals surface area contributed by atoms with Gasteiger partial charge >= 0.3 is 0 Å². The molecule has 1 aliphatic rings. The SMILES string of the molecule is CC(=O)c1ccc(N2CCC(=O)CC2)cc1. The Bertz CT molecular complexity index is 398. The molecule has 84 valence electrons. The third kappa shape index (κ3) is 2.30. The number of Topliss-reactive ketones (excluding diaryl/α,β-unsaturated/α-hetero) is 2. The molecule has 3 nitrogen and oxygen atoms in total. The fourth-order valence-corrected chi connectivity index (χ4v) is 1.92. The molecule has 0 radical (unpaired) electrons. The number of piperidine rings is 1. The van der Waals surface area contributed by atoms with Gasteiger partial charge in [0.25, 0.3) is 0 Å². The number of carbonyl (C=O) groups is 2. The third-order valence-electron chi connectivity index (χ3n) is 2.96. The Morgan fingerprint density at radius 3 is 2.19 bits per heavy atom. The summed E-state index contributed by atoms with van der Waals surface area (Å²) in [6, 6.07) is 7.58. The van der Waals surface area contributed by atoms with Crippen LogP contribution in [-0.4, -0.2) is 24.7 Å². The number of ketones is 2. The lowest BCUT2D eigenvalue weighted by Gasteiger charge is -2.28. The molecule has 0 spiro atoms. The van der Waals surface area contributed by atoms with Crippen molar-refractivity contribution in [2.75, 3.05) is 18.0 Å². The molecule has 0 amide bonds. The lowest BCUT2D eigenvalue weighted by molar-refractivity contribution is -0.119. The molecule has 3 heteroatoms. The van der Waals surface area contributed by atoms with Crippen LogP contribution in [0.15, 0.2) is 24.3 Å². The highest BCUT2D eigenvalue weighted by Gasteiger charge is 2.16. The van der Waals surface area contributed by atoms with Crippen molar-refractivity contribution >= 4 is 17.3 Å². The second kappa shape index (κ2) is 4.47. The number of anilines is 1. The molecule has 0 atom stereocenters. The summed E-state index contributed by atoms with van der Waals surface area (Å²) in [4.78, 5) is 24.4. The van der Waals surface area contributed by atoms with E-state index >= 15 is 0 Å². The van der Waals surface area contributed by atoms with Crippen molar-refractivity contribution < 1.29 is 9.59 Å². The van der Waals surface area contributed by atoms with Gasteiger partial charge in [-0.15, -0.1) is 0 Å². The number of hydrogen-bond acceptors (Lipinski definition) is 3. The van der Waals surface area contributed by atoms with Crippen LogP contribution in [-0.2, 0) is 4.79 Å². The Morgan fingerprint density at radius 1 is 1.12 bits per heavy atom. The minimum absolute atomic E-state index is 0.0837. The predicted octanol–water partition coefficient (Wildman–Crippen LogP) is 2.06. The number of benzene rings is 1.